The zero-order chi connectivity index (χ0) is 17.4. The predicted octanol–water partition coefficient (Wildman–Crippen LogP) is 6.18. The summed E-state index contributed by atoms with van der Waals surface area (Å²) in [6.45, 7) is 4.56. The SMILES string of the molecule is CCn1c(C(=O)Nc2c(Cl)cccc2Cl)c(C)c2cc(Cl)ccc21. The normalized spacial score (nSPS) is 11.0. The number of halogens is 3. The van der Waals surface area contributed by atoms with Crippen LogP contribution in [-0.2, 0) is 6.54 Å². The largest absolute Gasteiger partial charge is 0.337 e. The minimum atomic E-state index is -0.253. The molecule has 0 radical (unpaired) electrons. The van der Waals surface area contributed by atoms with Crippen LogP contribution in [0.15, 0.2) is 36.4 Å². The van der Waals surface area contributed by atoms with Gasteiger partial charge in [-0.15, -0.1) is 0 Å². The predicted molar refractivity (Wildman–Crippen MR) is 102 cm³/mol. The summed E-state index contributed by atoms with van der Waals surface area (Å²) < 4.78 is 1.96. The molecule has 2 aromatic carbocycles. The Hall–Kier alpha value is -1.68. The summed E-state index contributed by atoms with van der Waals surface area (Å²) in [5, 5.41) is 5.22. The summed E-state index contributed by atoms with van der Waals surface area (Å²) in [6.07, 6.45) is 0. The molecule has 24 heavy (non-hydrogen) atoms. The van der Waals surface area contributed by atoms with Gasteiger partial charge < -0.3 is 9.88 Å². The van der Waals surface area contributed by atoms with Crippen LogP contribution in [0, 0.1) is 6.92 Å². The van der Waals surface area contributed by atoms with Crippen molar-refractivity contribution in [3.8, 4) is 0 Å². The molecule has 0 unspecified atom stereocenters. The Balaban J connectivity index is 2.12. The highest BCUT2D eigenvalue weighted by atomic mass is 35.5. The smallest absolute Gasteiger partial charge is 0.272 e. The second-order valence-electron chi connectivity index (χ2n) is 5.43. The van der Waals surface area contributed by atoms with Gasteiger partial charge in [0.05, 0.1) is 15.7 Å². The fraction of sp³-hybridized carbons (Fsp3) is 0.167. The molecule has 0 atom stereocenters. The number of carbonyl (C=O) groups is 1. The molecule has 1 aromatic heterocycles. The first-order valence-corrected chi connectivity index (χ1v) is 8.61. The van der Waals surface area contributed by atoms with Gasteiger partial charge in [-0.2, -0.15) is 0 Å². The quantitative estimate of drug-likeness (QED) is 0.577. The first-order chi connectivity index (χ1) is 11.4. The number of nitrogens with zero attached hydrogens (tertiary/aromatic N) is 1. The number of benzene rings is 2. The molecule has 0 fully saturated rings. The number of carbonyl (C=O) groups excluding carboxylic acids is 1. The summed E-state index contributed by atoms with van der Waals surface area (Å²) >= 11 is 18.4. The van der Waals surface area contributed by atoms with Crippen LogP contribution in [0.1, 0.15) is 23.0 Å². The molecule has 1 N–H and O–H groups in total. The second-order valence-corrected chi connectivity index (χ2v) is 6.68. The summed E-state index contributed by atoms with van der Waals surface area (Å²) in [5.74, 6) is -0.253. The van der Waals surface area contributed by atoms with Gasteiger partial charge in [0, 0.05) is 22.5 Å². The van der Waals surface area contributed by atoms with E-state index in [1.807, 2.05) is 36.6 Å². The van der Waals surface area contributed by atoms with Crippen LogP contribution in [0.4, 0.5) is 5.69 Å². The molecule has 124 valence electrons. The zero-order valence-electron chi connectivity index (χ0n) is 13.2. The van der Waals surface area contributed by atoms with Crippen molar-refractivity contribution < 1.29 is 4.79 Å². The van der Waals surface area contributed by atoms with Crippen LogP contribution < -0.4 is 5.32 Å². The van der Waals surface area contributed by atoms with Crippen LogP contribution in [0.2, 0.25) is 15.1 Å². The topological polar surface area (TPSA) is 34.0 Å². The molecule has 0 saturated heterocycles. The maximum Gasteiger partial charge on any atom is 0.272 e. The molecular formula is C18H15Cl3N2O. The van der Waals surface area contributed by atoms with Crippen LogP contribution in [0.3, 0.4) is 0 Å². The molecule has 6 heteroatoms. The third-order valence-electron chi connectivity index (χ3n) is 4.01. The molecule has 0 saturated carbocycles. The van der Waals surface area contributed by atoms with Crippen molar-refractivity contribution in [3.63, 3.8) is 0 Å². The number of hydrogen-bond donors (Lipinski definition) is 1. The lowest BCUT2D eigenvalue weighted by Gasteiger charge is -2.12. The van der Waals surface area contributed by atoms with E-state index in [1.54, 1.807) is 18.2 Å². The molecule has 0 aliphatic heterocycles. The lowest BCUT2D eigenvalue weighted by atomic mass is 10.1. The molecule has 3 rings (SSSR count). The third-order valence-corrected chi connectivity index (χ3v) is 4.88. The van der Waals surface area contributed by atoms with E-state index in [1.165, 1.54) is 0 Å². The fourth-order valence-corrected chi connectivity index (χ4v) is 3.57. The number of aryl methyl sites for hydroxylation is 2. The van der Waals surface area contributed by atoms with E-state index in [4.69, 9.17) is 34.8 Å². The Morgan fingerprint density at radius 1 is 1.12 bits per heavy atom. The van der Waals surface area contributed by atoms with E-state index in [-0.39, 0.29) is 5.91 Å². The molecule has 1 amide bonds. The van der Waals surface area contributed by atoms with Gasteiger partial charge >= 0.3 is 0 Å². The van der Waals surface area contributed by atoms with Crippen molar-refractivity contribution in [1.29, 1.82) is 0 Å². The van der Waals surface area contributed by atoms with Gasteiger partial charge in [-0.05, 0) is 49.7 Å². The number of nitrogens with one attached hydrogen (secondary N) is 1. The van der Waals surface area contributed by atoms with Crippen LogP contribution in [0.5, 0.6) is 0 Å². The number of amides is 1. The highest BCUT2D eigenvalue weighted by Crippen LogP contribution is 2.32. The number of hydrogen-bond acceptors (Lipinski definition) is 1. The molecule has 3 aromatic rings. The summed E-state index contributed by atoms with van der Waals surface area (Å²) in [4.78, 5) is 12.9. The second kappa shape index (κ2) is 6.67. The van der Waals surface area contributed by atoms with Gasteiger partial charge in [0.15, 0.2) is 0 Å². The lowest BCUT2D eigenvalue weighted by Crippen LogP contribution is -2.18. The average molecular weight is 382 g/mol. The number of fused-ring (bicyclic) bond motifs is 1. The van der Waals surface area contributed by atoms with Gasteiger partial charge in [0.25, 0.3) is 5.91 Å². The molecule has 1 heterocycles. The van der Waals surface area contributed by atoms with Crippen molar-refractivity contribution in [3.05, 3.63) is 62.7 Å². The van der Waals surface area contributed by atoms with Gasteiger partial charge in [-0.1, -0.05) is 40.9 Å². The lowest BCUT2D eigenvalue weighted by molar-refractivity contribution is 0.101. The van der Waals surface area contributed by atoms with E-state index in [0.29, 0.717) is 33.0 Å². The number of anilines is 1. The average Bonchev–Trinajstić information content (AvgIpc) is 2.83. The first-order valence-electron chi connectivity index (χ1n) is 7.47. The summed E-state index contributed by atoms with van der Waals surface area (Å²) in [7, 11) is 0. The highest BCUT2D eigenvalue weighted by Gasteiger charge is 2.21. The first kappa shape index (κ1) is 17.2. The molecule has 0 spiro atoms. The monoisotopic (exact) mass is 380 g/mol. The van der Waals surface area contributed by atoms with Crippen LogP contribution >= 0.6 is 34.8 Å². The minimum Gasteiger partial charge on any atom is -0.337 e. The molecule has 3 nitrogen and oxygen atoms in total. The summed E-state index contributed by atoms with van der Waals surface area (Å²) in [6, 6.07) is 10.7. The molecule has 0 aliphatic rings. The van der Waals surface area contributed by atoms with E-state index in [9.17, 15) is 4.79 Å². The van der Waals surface area contributed by atoms with Crippen molar-refractivity contribution in [2.45, 2.75) is 20.4 Å². The Morgan fingerprint density at radius 3 is 2.42 bits per heavy atom. The van der Waals surface area contributed by atoms with Gasteiger partial charge in [-0.3, -0.25) is 4.79 Å². The van der Waals surface area contributed by atoms with Crippen LogP contribution in [0.25, 0.3) is 10.9 Å². The molecular weight excluding hydrogens is 367 g/mol. The van der Waals surface area contributed by atoms with Crippen molar-refractivity contribution in [2.24, 2.45) is 0 Å². The van der Waals surface area contributed by atoms with Gasteiger partial charge in [0.1, 0.15) is 5.69 Å². The number of rotatable bonds is 3. The number of para-hydroxylation sites is 1. The number of aromatic nitrogens is 1. The Morgan fingerprint density at radius 2 is 1.79 bits per heavy atom. The van der Waals surface area contributed by atoms with Gasteiger partial charge in [-0.25, -0.2) is 0 Å². The van der Waals surface area contributed by atoms with Crippen LogP contribution in [-0.4, -0.2) is 10.5 Å². The molecule has 0 aliphatic carbocycles. The minimum absolute atomic E-state index is 0.253. The standard InChI is InChI=1S/C18H15Cl3N2O/c1-3-23-15-8-7-11(19)9-12(15)10(2)17(23)18(24)22-16-13(20)5-4-6-14(16)21/h4-9H,3H2,1-2H3,(H,22,24). The van der Waals surface area contributed by atoms with E-state index in [2.05, 4.69) is 5.32 Å². The highest BCUT2D eigenvalue weighted by molar-refractivity contribution is 6.40. The van der Waals surface area contributed by atoms with Gasteiger partial charge in [0.2, 0.25) is 0 Å². The van der Waals surface area contributed by atoms with E-state index in [0.717, 1.165) is 16.5 Å². The zero-order valence-corrected chi connectivity index (χ0v) is 15.4. The van der Waals surface area contributed by atoms with E-state index < -0.39 is 0 Å². The third kappa shape index (κ3) is 2.88. The Labute approximate surface area is 155 Å². The fourth-order valence-electron chi connectivity index (χ4n) is 2.91. The Kier molecular flexibility index (Phi) is 4.77. The summed E-state index contributed by atoms with van der Waals surface area (Å²) in [5.41, 5.74) is 2.83. The Bertz CT molecular complexity index is 927. The van der Waals surface area contributed by atoms with E-state index >= 15 is 0 Å². The van der Waals surface area contributed by atoms with Crippen molar-refractivity contribution in [2.75, 3.05) is 5.32 Å². The maximum absolute atomic E-state index is 12.9. The van der Waals surface area contributed by atoms with Crippen molar-refractivity contribution >= 4 is 57.3 Å². The maximum atomic E-state index is 12.9. The van der Waals surface area contributed by atoms with Crippen molar-refractivity contribution in [1.82, 2.24) is 4.57 Å². The molecule has 0 bridgehead atoms.